The lowest BCUT2D eigenvalue weighted by atomic mass is 9.83. The highest BCUT2D eigenvalue weighted by Crippen LogP contribution is 2.36. The third kappa shape index (κ3) is 7.31. The monoisotopic (exact) mass is 484 g/mol. The molecule has 3 rings (SSSR count). The summed E-state index contributed by atoms with van der Waals surface area (Å²) in [6.45, 7) is 12.5. The maximum absolute atomic E-state index is 13.1. The van der Waals surface area contributed by atoms with Gasteiger partial charge in [0, 0.05) is 17.7 Å². The smallest absolute Gasteiger partial charge is 0.437 e. The predicted molar refractivity (Wildman–Crippen MR) is 134 cm³/mol. The Kier molecular flexibility index (Phi) is 7.57. The summed E-state index contributed by atoms with van der Waals surface area (Å²) in [6, 6.07) is 8.71. The molecule has 1 heterocycles. The van der Waals surface area contributed by atoms with Gasteiger partial charge in [-0.1, -0.05) is 18.6 Å². The number of benzene rings is 1. The van der Waals surface area contributed by atoms with E-state index in [9.17, 15) is 14.4 Å². The lowest BCUT2D eigenvalue weighted by Gasteiger charge is -2.23. The van der Waals surface area contributed by atoms with Crippen molar-refractivity contribution in [2.45, 2.75) is 90.8 Å². The second kappa shape index (κ2) is 10.1. The molecule has 190 valence electrons. The summed E-state index contributed by atoms with van der Waals surface area (Å²) in [4.78, 5) is 37.8. The second-order valence-corrected chi connectivity index (χ2v) is 10.9. The molecule has 0 bridgehead atoms. The number of amides is 2. The van der Waals surface area contributed by atoms with Crippen LogP contribution in [0.2, 0.25) is 0 Å². The van der Waals surface area contributed by atoms with Crippen LogP contribution >= 0.6 is 0 Å². The zero-order chi connectivity index (χ0) is 26.0. The standard InChI is InChI=1S/C26H36N4O5/c1-16(17-11-13-19(14-12-17)27-23(32)34-25(2,3)4)22(31)28-21-15-20(18-9-8-10-18)29-30(21)24(33)35-26(5,6)7/h11-16,18H,8-10H2,1-7H3,(H,27,32)(H,28,31). The molecule has 1 aromatic carbocycles. The molecule has 9 heteroatoms. The highest BCUT2D eigenvalue weighted by Gasteiger charge is 2.28. The minimum atomic E-state index is -0.691. The van der Waals surface area contributed by atoms with Gasteiger partial charge in [0.2, 0.25) is 5.91 Å². The second-order valence-electron chi connectivity index (χ2n) is 10.9. The average Bonchev–Trinajstić information content (AvgIpc) is 3.07. The number of anilines is 2. The Hall–Kier alpha value is -3.36. The normalized spacial score (nSPS) is 15.1. The van der Waals surface area contributed by atoms with Crippen LogP contribution in [0.25, 0.3) is 0 Å². The largest absolute Gasteiger partial charge is 0.444 e. The van der Waals surface area contributed by atoms with Crippen LogP contribution < -0.4 is 10.6 Å². The van der Waals surface area contributed by atoms with E-state index in [1.807, 2.05) is 0 Å². The van der Waals surface area contributed by atoms with Crippen molar-refractivity contribution >= 4 is 29.6 Å². The van der Waals surface area contributed by atoms with Gasteiger partial charge in [-0.2, -0.15) is 5.10 Å². The summed E-state index contributed by atoms with van der Waals surface area (Å²) < 4.78 is 11.9. The van der Waals surface area contributed by atoms with Crippen molar-refractivity contribution in [1.82, 2.24) is 9.78 Å². The number of aromatic nitrogens is 2. The Morgan fingerprint density at radius 1 is 0.971 bits per heavy atom. The van der Waals surface area contributed by atoms with Gasteiger partial charge in [-0.3, -0.25) is 10.1 Å². The van der Waals surface area contributed by atoms with Crippen molar-refractivity contribution in [3.8, 4) is 0 Å². The molecule has 9 nitrogen and oxygen atoms in total. The van der Waals surface area contributed by atoms with E-state index in [2.05, 4.69) is 15.7 Å². The zero-order valence-electron chi connectivity index (χ0n) is 21.6. The maximum atomic E-state index is 13.1. The molecule has 2 amide bonds. The molecule has 0 aliphatic heterocycles. The first-order chi connectivity index (χ1) is 16.2. The van der Waals surface area contributed by atoms with E-state index in [0.717, 1.165) is 35.2 Å². The molecule has 1 unspecified atom stereocenters. The molecule has 2 aromatic rings. The number of nitrogens with zero attached hydrogens (tertiary/aromatic N) is 2. The van der Waals surface area contributed by atoms with Gasteiger partial charge >= 0.3 is 12.2 Å². The van der Waals surface area contributed by atoms with Gasteiger partial charge in [-0.25, -0.2) is 9.59 Å². The SMILES string of the molecule is CC(C(=O)Nc1cc(C2CCC2)nn1C(=O)OC(C)(C)C)c1ccc(NC(=O)OC(C)(C)C)cc1. The Morgan fingerprint density at radius 2 is 1.57 bits per heavy atom. The van der Waals surface area contributed by atoms with Crippen LogP contribution in [-0.2, 0) is 14.3 Å². The van der Waals surface area contributed by atoms with Crippen LogP contribution in [0.4, 0.5) is 21.1 Å². The van der Waals surface area contributed by atoms with E-state index in [4.69, 9.17) is 9.47 Å². The van der Waals surface area contributed by atoms with Gasteiger partial charge in [-0.15, -0.1) is 4.68 Å². The van der Waals surface area contributed by atoms with Crippen LogP contribution in [-0.4, -0.2) is 39.1 Å². The third-order valence-electron chi connectivity index (χ3n) is 5.52. The summed E-state index contributed by atoms with van der Waals surface area (Å²) in [5.74, 6) is -0.222. The van der Waals surface area contributed by atoms with Gasteiger partial charge in [0.05, 0.1) is 11.6 Å². The Bertz CT molecular complexity index is 1070. The summed E-state index contributed by atoms with van der Waals surface area (Å²) >= 11 is 0. The van der Waals surface area contributed by atoms with Crippen LogP contribution in [0.15, 0.2) is 30.3 Å². The number of nitrogens with one attached hydrogen (secondary N) is 2. The van der Waals surface area contributed by atoms with Crippen molar-refractivity contribution in [3.05, 3.63) is 41.6 Å². The number of carbonyl (C=O) groups excluding carboxylic acids is 3. The lowest BCUT2D eigenvalue weighted by Crippen LogP contribution is -2.30. The van der Waals surface area contributed by atoms with E-state index in [0.29, 0.717) is 11.5 Å². The molecule has 1 aliphatic rings. The zero-order valence-corrected chi connectivity index (χ0v) is 21.6. The van der Waals surface area contributed by atoms with Crippen LogP contribution in [0, 0.1) is 0 Å². The van der Waals surface area contributed by atoms with Crippen molar-refractivity contribution in [3.63, 3.8) is 0 Å². The van der Waals surface area contributed by atoms with Gasteiger partial charge in [-0.05, 0) is 79.0 Å². The summed E-state index contributed by atoms with van der Waals surface area (Å²) in [7, 11) is 0. The number of carbonyl (C=O) groups is 3. The molecule has 1 atom stereocenters. The topological polar surface area (TPSA) is 112 Å². The van der Waals surface area contributed by atoms with Crippen LogP contribution in [0.5, 0.6) is 0 Å². The van der Waals surface area contributed by atoms with Crippen LogP contribution in [0.1, 0.15) is 90.8 Å². The van der Waals surface area contributed by atoms with Crippen molar-refractivity contribution in [2.75, 3.05) is 10.6 Å². The minimum Gasteiger partial charge on any atom is -0.444 e. The van der Waals surface area contributed by atoms with E-state index >= 15 is 0 Å². The fourth-order valence-electron chi connectivity index (χ4n) is 3.50. The average molecular weight is 485 g/mol. The molecule has 35 heavy (non-hydrogen) atoms. The molecule has 1 saturated carbocycles. The Balaban J connectivity index is 1.71. The highest BCUT2D eigenvalue weighted by atomic mass is 16.6. The van der Waals surface area contributed by atoms with E-state index in [1.165, 1.54) is 0 Å². The van der Waals surface area contributed by atoms with Gasteiger partial charge in [0.25, 0.3) is 0 Å². The minimum absolute atomic E-state index is 0.289. The number of ether oxygens (including phenoxy) is 2. The molecule has 0 radical (unpaired) electrons. The Labute approximate surface area is 206 Å². The number of hydrogen-bond acceptors (Lipinski definition) is 6. The lowest BCUT2D eigenvalue weighted by molar-refractivity contribution is -0.117. The van der Waals surface area contributed by atoms with Gasteiger partial charge in [0.1, 0.15) is 17.0 Å². The van der Waals surface area contributed by atoms with Crippen molar-refractivity contribution in [1.29, 1.82) is 0 Å². The first-order valence-electron chi connectivity index (χ1n) is 12.0. The van der Waals surface area contributed by atoms with Crippen molar-refractivity contribution < 1.29 is 23.9 Å². The molecular formula is C26H36N4O5. The van der Waals surface area contributed by atoms with Crippen molar-refractivity contribution in [2.24, 2.45) is 0 Å². The fraction of sp³-hybridized carbons (Fsp3) is 0.538. The molecule has 1 aliphatic carbocycles. The summed E-state index contributed by atoms with van der Waals surface area (Å²) in [5.41, 5.74) is 0.802. The molecule has 0 saturated heterocycles. The molecule has 2 N–H and O–H groups in total. The summed E-state index contributed by atoms with van der Waals surface area (Å²) in [6.07, 6.45) is 1.97. The Morgan fingerprint density at radius 3 is 2.09 bits per heavy atom. The number of hydrogen-bond donors (Lipinski definition) is 2. The first kappa shape index (κ1) is 26.2. The quantitative estimate of drug-likeness (QED) is 0.536. The van der Waals surface area contributed by atoms with E-state index in [1.54, 1.807) is 78.8 Å². The van der Waals surface area contributed by atoms with Crippen LogP contribution in [0.3, 0.4) is 0 Å². The first-order valence-corrected chi connectivity index (χ1v) is 12.0. The summed E-state index contributed by atoms with van der Waals surface area (Å²) in [5, 5.41) is 9.96. The molecular weight excluding hydrogens is 448 g/mol. The molecule has 1 fully saturated rings. The maximum Gasteiger partial charge on any atom is 0.437 e. The third-order valence-corrected chi connectivity index (χ3v) is 5.52. The van der Waals surface area contributed by atoms with E-state index < -0.39 is 29.3 Å². The van der Waals surface area contributed by atoms with E-state index in [-0.39, 0.29) is 11.8 Å². The van der Waals surface area contributed by atoms with Gasteiger partial charge in [0.15, 0.2) is 0 Å². The highest BCUT2D eigenvalue weighted by molar-refractivity contribution is 5.96. The number of rotatable bonds is 5. The molecule has 1 aromatic heterocycles. The molecule has 0 spiro atoms. The van der Waals surface area contributed by atoms with Gasteiger partial charge < -0.3 is 14.8 Å². The fourth-order valence-corrected chi connectivity index (χ4v) is 3.50. The predicted octanol–water partition coefficient (Wildman–Crippen LogP) is 6.02.